The van der Waals surface area contributed by atoms with Gasteiger partial charge in [0.15, 0.2) is 0 Å². The first kappa shape index (κ1) is 12.4. The van der Waals surface area contributed by atoms with E-state index in [4.69, 9.17) is 9.47 Å². The number of nitrogens with one attached hydrogen (secondary N) is 2. The summed E-state index contributed by atoms with van der Waals surface area (Å²) in [6.45, 7) is 7.24. The predicted molar refractivity (Wildman–Crippen MR) is 56.4 cm³/mol. The fourth-order valence-corrected chi connectivity index (χ4v) is 1.21. The van der Waals surface area contributed by atoms with Crippen molar-refractivity contribution in [3.8, 4) is 0 Å². The number of rotatable bonds is 4. The second kappa shape index (κ2) is 4.92. The van der Waals surface area contributed by atoms with Gasteiger partial charge in [-0.2, -0.15) is 0 Å². The third-order valence-electron chi connectivity index (χ3n) is 2.03. The maximum atomic E-state index is 11.6. The molecule has 0 amide bonds. The average molecular weight is 216 g/mol. The highest BCUT2D eigenvalue weighted by molar-refractivity contribution is 5.74. The maximum absolute atomic E-state index is 11.6. The molecule has 15 heavy (non-hydrogen) atoms. The quantitative estimate of drug-likeness (QED) is 0.506. The van der Waals surface area contributed by atoms with Crippen LogP contribution < -0.4 is 10.6 Å². The molecule has 5 nitrogen and oxygen atoms in total. The molecule has 0 aromatic rings. The van der Waals surface area contributed by atoms with E-state index in [2.05, 4.69) is 10.6 Å². The molecular weight excluding hydrogens is 196 g/mol. The molecule has 1 unspecified atom stereocenters. The van der Waals surface area contributed by atoms with E-state index < -0.39 is 11.8 Å². The zero-order valence-electron chi connectivity index (χ0n) is 9.79. The van der Waals surface area contributed by atoms with Gasteiger partial charge in [0.05, 0.1) is 0 Å². The van der Waals surface area contributed by atoms with E-state index in [0.717, 1.165) is 13.1 Å². The molecule has 1 heterocycles. The molecular formula is C10H20N2O3. The van der Waals surface area contributed by atoms with Crippen molar-refractivity contribution in [2.75, 3.05) is 20.2 Å². The lowest BCUT2D eigenvalue weighted by Gasteiger charge is -2.32. The van der Waals surface area contributed by atoms with Gasteiger partial charge in [0.1, 0.15) is 5.60 Å². The largest absolute Gasteiger partial charge is 0.457 e. The van der Waals surface area contributed by atoms with E-state index in [1.165, 1.54) is 7.11 Å². The molecule has 88 valence electrons. The molecule has 1 fully saturated rings. The van der Waals surface area contributed by atoms with Gasteiger partial charge < -0.3 is 14.8 Å². The van der Waals surface area contributed by atoms with E-state index >= 15 is 0 Å². The van der Waals surface area contributed by atoms with Crippen molar-refractivity contribution in [2.24, 2.45) is 0 Å². The number of hydrogen-bond acceptors (Lipinski definition) is 5. The van der Waals surface area contributed by atoms with Crippen molar-refractivity contribution in [1.29, 1.82) is 0 Å². The Morgan fingerprint density at radius 2 is 2.07 bits per heavy atom. The molecule has 0 aromatic heterocycles. The van der Waals surface area contributed by atoms with Crippen molar-refractivity contribution < 1.29 is 14.3 Å². The Morgan fingerprint density at radius 3 is 2.40 bits per heavy atom. The summed E-state index contributed by atoms with van der Waals surface area (Å²) < 4.78 is 10.3. The first-order chi connectivity index (χ1) is 6.92. The van der Waals surface area contributed by atoms with Crippen LogP contribution in [0.25, 0.3) is 0 Å². The lowest BCUT2D eigenvalue weighted by atomic mass is 10.2. The van der Waals surface area contributed by atoms with Crippen LogP contribution in [0.4, 0.5) is 0 Å². The van der Waals surface area contributed by atoms with Crippen LogP contribution in [-0.2, 0) is 14.3 Å². The topological polar surface area (TPSA) is 59.6 Å². The Kier molecular flexibility index (Phi) is 4.07. The van der Waals surface area contributed by atoms with Gasteiger partial charge in [0, 0.05) is 26.2 Å². The summed E-state index contributed by atoms with van der Waals surface area (Å²) in [4.78, 5) is 11.6. The molecule has 0 aromatic carbocycles. The molecule has 5 heteroatoms. The Morgan fingerprint density at radius 1 is 1.47 bits per heavy atom. The van der Waals surface area contributed by atoms with Gasteiger partial charge in [-0.15, -0.1) is 0 Å². The van der Waals surface area contributed by atoms with Crippen LogP contribution in [0.2, 0.25) is 0 Å². The normalized spacial score (nSPS) is 19.5. The molecule has 1 rings (SSSR count). The second-order valence-corrected chi connectivity index (χ2v) is 4.67. The Hall–Kier alpha value is -0.650. The number of ether oxygens (including phenoxy) is 2. The number of hydrogen-bond donors (Lipinski definition) is 2. The number of carbonyl (C=O) groups is 1. The molecule has 1 aliphatic rings. The van der Waals surface area contributed by atoms with Gasteiger partial charge in [-0.1, -0.05) is 0 Å². The van der Waals surface area contributed by atoms with E-state index in [9.17, 15) is 4.79 Å². The maximum Gasteiger partial charge on any atom is 0.351 e. The smallest absolute Gasteiger partial charge is 0.351 e. The lowest BCUT2D eigenvalue weighted by molar-refractivity contribution is -0.169. The molecule has 1 aliphatic heterocycles. The van der Waals surface area contributed by atoms with E-state index in [-0.39, 0.29) is 5.97 Å². The molecule has 0 bridgehead atoms. The fourth-order valence-electron chi connectivity index (χ4n) is 1.21. The molecule has 0 aliphatic carbocycles. The Balaban J connectivity index is 2.39. The van der Waals surface area contributed by atoms with E-state index in [0.29, 0.717) is 6.04 Å². The van der Waals surface area contributed by atoms with Crippen LogP contribution in [0, 0.1) is 0 Å². The summed E-state index contributed by atoms with van der Waals surface area (Å²) in [6, 6.07) is 0.294. The standard InChI is InChI=1S/C10H20N2O3/c1-10(2,3)15-9(13)8(14-4)12-7-5-11-6-7/h7-8,11-12H,5-6H2,1-4H3. The van der Waals surface area contributed by atoms with Gasteiger partial charge in [-0.3, -0.25) is 5.32 Å². The van der Waals surface area contributed by atoms with Crippen LogP contribution in [0.5, 0.6) is 0 Å². The Bertz CT molecular complexity index is 221. The summed E-state index contributed by atoms with van der Waals surface area (Å²) in [5.41, 5.74) is -0.479. The van der Waals surface area contributed by atoms with Crippen molar-refractivity contribution >= 4 is 5.97 Å². The third-order valence-corrected chi connectivity index (χ3v) is 2.03. The number of methoxy groups -OCH3 is 1. The van der Waals surface area contributed by atoms with Gasteiger partial charge in [0.2, 0.25) is 6.23 Å². The fraction of sp³-hybridized carbons (Fsp3) is 0.900. The molecule has 0 saturated carbocycles. The van der Waals surface area contributed by atoms with Gasteiger partial charge in [0.25, 0.3) is 0 Å². The van der Waals surface area contributed by atoms with Crippen molar-refractivity contribution in [1.82, 2.24) is 10.6 Å². The highest BCUT2D eigenvalue weighted by Gasteiger charge is 2.28. The van der Waals surface area contributed by atoms with E-state index in [1.807, 2.05) is 20.8 Å². The lowest BCUT2D eigenvalue weighted by Crippen LogP contribution is -2.60. The van der Waals surface area contributed by atoms with Gasteiger partial charge >= 0.3 is 5.97 Å². The second-order valence-electron chi connectivity index (χ2n) is 4.67. The summed E-state index contributed by atoms with van der Waals surface area (Å²) in [5.74, 6) is -0.364. The molecule has 0 spiro atoms. The highest BCUT2D eigenvalue weighted by Crippen LogP contribution is 2.09. The van der Waals surface area contributed by atoms with Crippen LogP contribution in [0.15, 0.2) is 0 Å². The van der Waals surface area contributed by atoms with Crippen LogP contribution in [0.1, 0.15) is 20.8 Å². The first-order valence-corrected chi connectivity index (χ1v) is 5.15. The molecule has 2 N–H and O–H groups in total. The monoisotopic (exact) mass is 216 g/mol. The van der Waals surface area contributed by atoms with Gasteiger partial charge in [-0.25, -0.2) is 4.79 Å². The van der Waals surface area contributed by atoms with E-state index in [1.54, 1.807) is 0 Å². The first-order valence-electron chi connectivity index (χ1n) is 5.15. The number of carbonyl (C=O) groups excluding carboxylic acids is 1. The zero-order valence-corrected chi connectivity index (χ0v) is 9.79. The zero-order chi connectivity index (χ0) is 11.5. The highest BCUT2D eigenvalue weighted by atomic mass is 16.6. The summed E-state index contributed by atoms with van der Waals surface area (Å²) in [5, 5.41) is 6.17. The van der Waals surface area contributed by atoms with Crippen molar-refractivity contribution in [2.45, 2.75) is 38.6 Å². The molecule has 0 radical (unpaired) electrons. The predicted octanol–water partition coefficient (Wildman–Crippen LogP) is -0.138. The molecule has 1 saturated heterocycles. The number of esters is 1. The Labute approximate surface area is 90.5 Å². The van der Waals surface area contributed by atoms with Crippen molar-refractivity contribution in [3.05, 3.63) is 0 Å². The molecule has 1 atom stereocenters. The average Bonchev–Trinajstić information content (AvgIpc) is 1.98. The minimum atomic E-state index is -0.670. The summed E-state index contributed by atoms with van der Waals surface area (Å²) >= 11 is 0. The van der Waals surface area contributed by atoms with Crippen LogP contribution in [0.3, 0.4) is 0 Å². The van der Waals surface area contributed by atoms with Gasteiger partial charge in [-0.05, 0) is 20.8 Å². The summed E-state index contributed by atoms with van der Waals surface area (Å²) in [7, 11) is 1.49. The summed E-state index contributed by atoms with van der Waals surface area (Å²) in [6.07, 6.45) is -0.670. The third kappa shape index (κ3) is 4.15. The SMILES string of the molecule is COC(NC1CNC1)C(=O)OC(C)(C)C. The van der Waals surface area contributed by atoms with Crippen molar-refractivity contribution in [3.63, 3.8) is 0 Å². The van der Waals surface area contributed by atoms with Crippen LogP contribution in [-0.4, -0.2) is 44.0 Å². The minimum Gasteiger partial charge on any atom is -0.457 e. The minimum absolute atomic E-state index is 0.294. The van der Waals surface area contributed by atoms with Crippen LogP contribution >= 0.6 is 0 Å².